The SMILES string of the molecule is CCn1c(SCCCCCCCCCBr)n[nH]c1=O. The highest BCUT2D eigenvalue weighted by Gasteiger charge is 2.05. The number of alkyl halides is 1. The van der Waals surface area contributed by atoms with Crippen molar-refractivity contribution in [3.8, 4) is 0 Å². The number of thioether (sulfide) groups is 1. The van der Waals surface area contributed by atoms with Crippen LogP contribution in [0.15, 0.2) is 9.95 Å². The number of hydrogen-bond donors (Lipinski definition) is 1. The number of nitrogens with zero attached hydrogens (tertiary/aromatic N) is 2. The fourth-order valence-corrected chi connectivity index (χ4v) is 3.34. The molecule has 0 aliphatic carbocycles. The first-order valence-corrected chi connectivity index (χ1v) is 9.24. The zero-order chi connectivity index (χ0) is 13.9. The second kappa shape index (κ2) is 10.5. The van der Waals surface area contributed by atoms with Crippen LogP contribution in [0.3, 0.4) is 0 Å². The van der Waals surface area contributed by atoms with E-state index in [1.54, 1.807) is 16.3 Å². The molecule has 0 saturated heterocycles. The third-order valence-electron chi connectivity index (χ3n) is 3.05. The number of aromatic nitrogens is 3. The van der Waals surface area contributed by atoms with Crippen LogP contribution in [-0.4, -0.2) is 25.8 Å². The Morgan fingerprint density at radius 3 is 2.42 bits per heavy atom. The molecule has 0 aromatic carbocycles. The van der Waals surface area contributed by atoms with Gasteiger partial charge in [-0.15, -0.1) is 5.10 Å². The molecular weight excluding hydrogens is 326 g/mol. The minimum atomic E-state index is -0.100. The summed E-state index contributed by atoms with van der Waals surface area (Å²) in [7, 11) is 0. The molecule has 110 valence electrons. The van der Waals surface area contributed by atoms with Gasteiger partial charge in [-0.3, -0.25) is 4.57 Å². The minimum absolute atomic E-state index is 0.100. The maximum atomic E-state index is 11.4. The number of rotatable bonds is 11. The summed E-state index contributed by atoms with van der Waals surface area (Å²) in [6.07, 6.45) is 9.15. The lowest BCUT2D eigenvalue weighted by Crippen LogP contribution is -2.16. The summed E-state index contributed by atoms with van der Waals surface area (Å²) < 4.78 is 1.69. The summed E-state index contributed by atoms with van der Waals surface area (Å²) in [5, 5.41) is 8.50. The summed E-state index contributed by atoms with van der Waals surface area (Å²) >= 11 is 5.13. The van der Waals surface area contributed by atoms with Gasteiger partial charge < -0.3 is 0 Å². The van der Waals surface area contributed by atoms with E-state index in [1.165, 1.54) is 44.9 Å². The van der Waals surface area contributed by atoms with Crippen molar-refractivity contribution < 1.29 is 0 Å². The van der Waals surface area contributed by atoms with Crippen LogP contribution in [0, 0.1) is 0 Å². The van der Waals surface area contributed by atoms with E-state index < -0.39 is 0 Å². The van der Waals surface area contributed by atoms with Crippen LogP contribution >= 0.6 is 27.7 Å². The lowest BCUT2D eigenvalue weighted by Gasteiger charge is -2.02. The van der Waals surface area contributed by atoms with Crippen molar-refractivity contribution in [1.29, 1.82) is 0 Å². The highest BCUT2D eigenvalue weighted by Crippen LogP contribution is 2.16. The first-order valence-electron chi connectivity index (χ1n) is 7.13. The molecule has 1 rings (SSSR count). The molecule has 0 atom stereocenters. The quantitative estimate of drug-likeness (QED) is 0.375. The molecule has 0 amide bonds. The van der Waals surface area contributed by atoms with E-state index in [9.17, 15) is 4.79 Å². The van der Waals surface area contributed by atoms with Crippen molar-refractivity contribution in [2.24, 2.45) is 0 Å². The fraction of sp³-hybridized carbons (Fsp3) is 0.846. The van der Waals surface area contributed by atoms with E-state index in [1.807, 2.05) is 6.92 Å². The number of hydrogen-bond acceptors (Lipinski definition) is 3. The molecule has 0 bridgehead atoms. The predicted octanol–water partition coefficient (Wildman–Crippen LogP) is 3.81. The zero-order valence-corrected chi connectivity index (χ0v) is 14.1. The summed E-state index contributed by atoms with van der Waals surface area (Å²) in [4.78, 5) is 11.4. The van der Waals surface area contributed by atoms with E-state index in [4.69, 9.17) is 0 Å². The molecule has 0 saturated carbocycles. The van der Waals surface area contributed by atoms with Crippen molar-refractivity contribution in [3.63, 3.8) is 0 Å². The molecule has 1 aromatic heterocycles. The van der Waals surface area contributed by atoms with Gasteiger partial charge in [0.1, 0.15) is 0 Å². The number of nitrogens with one attached hydrogen (secondary N) is 1. The lowest BCUT2D eigenvalue weighted by atomic mass is 10.1. The largest absolute Gasteiger partial charge is 0.343 e. The van der Waals surface area contributed by atoms with Crippen LogP contribution in [0.1, 0.15) is 51.9 Å². The van der Waals surface area contributed by atoms with Gasteiger partial charge in [0, 0.05) is 17.6 Å². The molecule has 0 unspecified atom stereocenters. The van der Waals surface area contributed by atoms with Crippen molar-refractivity contribution in [2.45, 2.75) is 63.6 Å². The molecule has 1 heterocycles. The van der Waals surface area contributed by atoms with E-state index in [2.05, 4.69) is 26.1 Å². The highest BCUT2D eigenvalue weighted by molar-refractivity contribution is 9.09. The summed E-state index contributed by atoms with van der Waals surface area (Å²) in [6, 6.07) is 0. The van der Waals surface area contributed by atoms with Gasteiger partial charge in [-0.25, -0.2) is 9.89 Å². The summed E-state index contributed by atoms with van der Waals surface area (Å²) in [5.41, 5.74) is -0.100. The standard InChI is InChI=1S/C13H24BrN3OS/c1-2-17-12(18)15-16-13(17)19-11-9-7-5-3-4-6-8-10-14/h2-11H2,1H3,(H,15,18). The summed E-state index contributed by atoms with van der Waals surface area (Å²) in [5.74, 6) is 1.05. The van der Waals surface area contributed by atoms with Crippen molar-refractivity contribution in [1.82, 2.24) is 14.8 Å². The third kappa shape index (κ3) is 6.65. The Morgan fingerprint density at radius 1 is 1.16 bits per heavy atom. The average Bonchev–Trinajstić information content (AvgIpc) is 2.77. The molecule has 0 aliphatic rings. The van der Waals surface area contributed by atoms with E-state index in [-0.39, 0.29) is 5.69 Å². The van der Waals surface area contributed by atoms with E-state index in [0.29, 0.717) is 6.54 Å². The Bertz CT molecular complexity index is 391. The number of unbranched alkanes of at least 4 members (excludes halogenated alkanes) is 6. The molecule has 1 aromatic rings. The Labute approximate surface area is 127 Å². The van der Waals surface area contributed by atoms with Crippen LogP contribution in [-0.2, 0) is 6.54 Å². The van der Waals surface area contributed by atoms with Gasteiger partial charge in [-0.1, -0.05) is 59.8 Å². The van der Waals surface area contributed by atoms with Gasteiger partial charge in [-0.2, -0.15) is 0 Å². The minimum Gasteiger partial charge on any atom is -0.270 e. The van der Waals surface area contributed by atoms with Gasteiger partial charge in [-0.05, 0) is 19.8 Å². The van der Waals surface area contributed by atoms with Gasteiger partial charge >= 0.3 is 5.69 Å². The Hall–Kier alpha value is -0.230. The molecule has 4 nitrogen and oxygen atoms in total. The highest BCUT2D eigenvalue weighted by atomic mass is 79.9. The first kappa shape index (κ1) is 16.8. The zero-order valence-electron chi connectivity index (χ0n) is 11.7. The number of aromatic amines is 1. The molecule has 0 spiro atoms. The number of halogens is 1. The monoisotopic (exact) mass is 349 g/mol. The summed E-state index contributed by atoms with van der Waals surface area (Å²) in [6.45, 7) is 2.65. The van der Waals surface area contributed by atoms with Gasteiger partial charge in [0.2, 0.25) is 0 Å². The Morgan fingerprint density at radius 2 is 1.79 bits per heavy atom. The Balaban J connectivity index is 2.03. The van der Waals surface area contributed by atoms with E-state index >= 15 is 0 Å². The fourth-order valence-electron chi connectivity index (χ4n) is 1.94. The molecular formula is C13H24BrN3OS. The van der Waals surface area contributed by atoms with Gasteiger partial charge in [0.25, 0.3) is 0 Å². The maximum Gasteiger partial charge on any atom is 0.343 e. The topological polar surface area (TPSA) is 50.7 Å². The normalized spacial score (nSPS) is 11.1. The smallest absolute Gasteiger partial charge is 0.270 e. The third-order valence-corrected chi connectivity index (χ3v) is 4.67. The van der Waals surface area contributed by atoms with E-state index in [0.717, 1.165) is 16.2 Å². The van der Waals surface area contributed by atoms with Gasteiger partial charge in [0.05, 0.1) is 0 Å². The molecule has 0 aliphatic heterocycles. The molecule has 1 N–H and O–H groups in total. The van der Waals surface area contributed by atoms with Crippen LogP contribution < -0.4 is 5.69 Å². The van der Waals surface area contributed by atoms with Crippen LogP contribution in [0.5, 0.6) is 0 Å². The predicted molar refractivity (Wildman–Crippen MR) is 85.4 cm³/mol. The van der Waals surface area contributed by atoms with Crippen molar-refractivity contribution in [3.05, 3.63) is 10.5 Å². The lowest BCUT2D eigenvalue weighted by molar-refractivity contribution is 0.605. The molecule has 19 heavy (non-hydrogen) atoms. The van der Waals surface area contributed by atoms with Crippen molar-refractivity contribution >= 4 is 27.7 Å². The maximum absolute atomic E-state index is 11.4. The molecule has 0 fully saturated rings. The second-order valence-electron chi connectivity index (χ2n) is 4.57. The average molecular weight is 350 g/mol. The van der Waals surface area contributed by atoms with Crippen LogP contribution in [0.2, 0.25) is 0 Å². The Kier molecular flexibility index (Phi) is 9.34. The second-order valence-corrected chi connectivity index (χ2v) is 6.42. The first-order chi connectivity index (χ1) is 9.29. The van der Waals surface area contributed by atoms with Crippen LogP contribution in [0.25, 0.3) is 0 Å². The number of H-pyrrole nitrogens is 1. The molecule has 0 radical (unpaired) electrons. The van der Waals surface area contributed by atoms with Crippen molar-refractivity contribution in [2.75, 3.05) is 11.1 Å². The van der Waals surface area contributed by atoms with Gasteiger partial charge in [0.15, 0.2) is 5.16 Å². The van der Waals surface area contributed by atoms with Crippen LogP contribution in [0.4, 0.5) is 0 Å². The molecule has 6 heteroatoms.